The summed E-state index contributed by atoms with van der Waals surface area (Å²) < 4.78 is 16.0. The zero-order chi connectivity index (χ0) is 21.8. The van der Waals surface area contributed by atoms with Gasteiger partial charge in [-0.25, -0.2) is 14.3 Å². The predicted molar refractivity (Wildman–Crippen MR) is 109 cm³/mol. The normalized spacial score (nSPS) is 15.1. The molecule has 10 nitrogen and oxygen atoms in total. The van der Waals surface area contributed by atoms with Crippen LogP contribution in [0.25, 0.3) is 11.3 Å². The van der Waals surface area contributed by atoms with Crippen molar-refractivity contribution in [1.29, 1.82) is 0 Å². The average molecular weight is 422 g/mol. The zero-order valence-corrected chi connectivity index (χ0v) is 16.5. The number of aryl methyl sites for hydroxylation is 1. The van der Waals surface area contributed by atoms with Gasteiger partial charge in [-0.2, -0.15) is 5.10 Å². The van der Waals surface area contributed by atoms with Crippen LogP contribution in [0.4, 0.5) is 16.2 Å². The Morgan fingerprint density at radius 3 is 2.68 bits per heavy atom. The SMILES string of the molecule is CCn1nc(-c2ccccc2)c(C(=O)OC2COC(=O)O2)c(Nc2cccnc2)c1=O. The number of rotatable bonds is 6. The largest absolute Gasteiger partial charge is 0.511 e. The fourth-order valence-electron chi connectivity index (χ4n) is 3.03. The summed E-state index contributed by atoms with van der Waals surface area (Å²) in [5, 5.41) is 7.35. The minimum Gasteiger partial charge on any atom is -0.426 e. The molecule has 0 radical (unpaired) electrons. The first kappa shape index (κ1) is 20.1. The van der Waals surface area contributed by atoms with E-state index in [1.54, 1.807) is 49.5 Å². The Morgan fingerprint density at radius 2 is 2.03 bits per heavy atom. The van der Waals surface area contributed by atoms with E-state index in [1.165, 1.54) is 10.9 Å². The lowest BCUT2D eigenvalue weighted by molar-refractivity contribution is -0.0463. The molecule has 1 aromatic carbocycles. The Hall–Kier alpha value is -4.21. The van der Waals surface area contributed by atoms with Crippen molar-refractivity contribution in [3.63, 3.8) is 0 Å². The van der Waals surface area contributed by atoms with Crippen LogP contribution in [-0.4, -0.2) is 39.8 Å². The molecule has 1 atom stereocenters. The maximum atomic E-state index is 13.2. The molecule has 0 amide bonds. The molecule has 1 unspecified atom stereocenters. The first-order valence-electron chi connectivity index (χ1n) is 9.48. The molecular weight excluding hydrogens is 404 g/mol. The van der Waals surface area contributed by atoms with Crippen molar-refractivity contribution < 1.29 is 23.8 Å². The van der Waals surface area contributed by atoms with E-state index in [4.69, 9.17) is 9.47 Å². The van der Waals surface area contributed by atoms with E-state index in [0.29, 0.717) is 11.3 Å². The molecule has 2 aromatic heterocycles. The maximum Gasteiger partial charge on any atom is 0.511 e. The lowest BCUT2D eigenvalue weighted by Crippen LogP contribution is -2.30. The maximum absolute atomic E-state index is 13.2. The Balaban J connectivity index is 1.87. The monoisotopic (exact) mass is 422 g/mol. The highest BCUT2D eigenvalue weighted by molar-refractivity contribution is 6.02. The second-order valence-electron chi connectivity index (χ2n) is 6.47. The Kier molecular flexibility index (Phi) is 5.61. The smallest absolute Gasteiger partial charge is 0.426 e. The molecule has 31 heavy (non-hydrogen) atoms. The van der Waals surface area contributed by atoms with Crippen molar-refractivity contribution in [3.05, 3.63) is 70.8 Å². The van der Waals surface area contributed by atoms with Gasteiger partial charge in [-0.15, -0.1) is 0 Å². The summed E-state index contributed by atoms with van der Waals surface area (Å²) >= 11 is 0. The lowest BCUT2D eigenvalue weighted by Gasteiger charge is -2.17. The molecule has 158 valence electrons. The molecule has 0 aliphatic carbocycles. The van der Waals surface area contributed by atoms with Gasteiger partial charge in [0.25, 0.3) is 11.8 Å². The highest BCUT2D eigenvalue weighted by Gasteiger charge is 2.32. The summed E-state index contributed by atoms with van der Waals surface area (Å²) in [6, 6.07) is 12.3. The lowest BCUT2D eigenvalue weighted by atomic mass is 10.0. The number of nitrogens with one attached hydrogen (secondary N) is 1. The van der Waals surface area contributed by atoms with Gasteiger partial charge < -0.3 is 19.5 Å². The number of carbonyl (C=O) groups excluding carboxylic acids is 2. The van der Waals surface area contributed by atoms with Crippen LogP contribution in [0.15, 0.2) is 59.7 Å². The number of esters is 1. The number of hydrogen-bond donors (Lipinski definition) is 1. The highest BCUT2D eigenvalue weighted by atomic mass is 16.8. The summed E-state index contributed by atoms with van der Waals surface area (Å²) in [5.74, 6) is -0.888. The molecule has 3 heterocycles. The van der Waals surface area contributed by atoms with Crippen LogP contribution in [0, 0.1) is 0 Å². The second kappa shape index (κ2) is 8.66. The number of anilines is 2. The summed E-state index contributed by atoms with van der Waals surface area (Å²) in [4.78, 5) is 41.5. The van der Waals surface area contributed by atoms with Crippen LogP contribution in [0.2, 0.25) is 0 Å². The minimum atomic E-state index is -1.22. The Morgan fingerprint density at radius 1 is 1.23 bits per heavy atom. The first-order chi connectivity index (χ1) is 15.1. The van der Waals surface area contributed by atoms with E-state index >= 15 is 0 Å². The number of benzene rings is 1. The van der Waals surface area contributed by atoms with Gasteiger partial charge in [0.05, 0.1) is 11.9 Å². The molecule has 1 aliphatic rings. The van der Waals surface area contributed by atoms with Gasteiger partial charge in [0.1, 0.15) is 16.9 Å². The van der Waals surface area contributed by atoms with E-state index in [9.17, 15) is 14.4 Å². The molecular formula is C21H18N4O6. The third-order valence-electron chi connectivity index (χ3n) is 4.44. The Labute approximate surface area is 176 Å². The number of carbonyl (C=O) groups is 2. The van der Waals surface area contributed by atoms with Crippen molar-refractivity contribution in [1.82, 2.24) is 14.8 Å². The van der Waals surface area contributed by atoms with E-state index in [2.05, 4.69) is 20.1 Å². The highest BCUT2D eigenvalue weighted by Crippen LogP contribution is 2.28. The molecule has 4 rings (SSSR count). The van der Waals surface area contributed by atoms with Gasteiger partial charge in [-0.05, 0) is 19.1 Å². The first-order valence-corrected chi connectivity index (χ1v) is 9.48. The van der Waals surface area contributed by atoms with Crippen LogP contribution < -0.4 is 10.9 Å². The molecule has 1 saturated heterocycles. The summed E-state index contributed by atoms with van der Waals surface area (Å²) in [6.45, 7) is 1.81. The predicted octanol–water partition coefficient (Wildman–Crippen LogP) is 2.72. The number of hydrogen-bond acceptors (Lipinski definition) is 9. The van der Waals surface area contributed by atoms with Crippen LogP contribution in [0.3, 0.4) is 0 Å². The van der Waals surface area contributed by atoms with E-state index in [-0.39, 0.29) is 30.1 Å². The molecule has 10 heteroatoms. The van der Waals surface area contributed by atoms with Crippen LogP contribution in [0.1, 0.15) is 17.3 Å². The molecule has 0 spiro atoms. The fourth-order valence-corrected chi connectivity index (χ4v) is 3.03. The van der Waals surface area contributed by atoms with Crippen molar-refractivity contribution in [2.45, 2.75) is 19.8 Å². The summed E-state index contributed by atoms with van der Waals surface area (Å²) in [7, 11) is 0. The number of nitrogens with zero attached hydrogens (tertiary/aromatic N) is 3. The van der Waals surface area contributed by atoms with E-state index in [1.807, 2.05) is 6.07 Å². The van der Waals surface area contributed by atoms with Crippen molar-refractivity contribution >= 4 is 23.5 Å². The third-order valence-corrected chi connectivity index (χ3v) is 4.44. The van der Waals surface area contributed by atoms with Gasteiger partial charge in [0.15, 0.2) is 6.61 Å². The molecule has 1 fully saturated rings. The van der Waals surface area contributed by atoms with Gasteiger partial charge in [0, 0.05) is 18.3 Å². The number of pyridine rings is 1. The molecule has 3 aromatic rings. The minimum absolute atomic E-state index is 0.0288. The fraction of sp³-hybridized carbons (Fsp3) is 0.190. The number of aromatic nitrogens is 3. The molecule has 0 saturated carbocycles. The second-order valence-corrected chi connectivity index (χ2v) is 6.47. The number of ether oxygens (including phenoxy) is 3. The van der Waals surface area contributed by atoms with Crippen molar-refractivity contribution in [2.75, 3.05) is 11.9 Å². The van der Waals surface area contributed by atoms with E-state index < -0.39 is 24.0 Å². The van der Waals surface area contributed by atoms with Gasteiger partial charge in [-0.3, -0.25) is 9.78 Å². The van der Waals surface area contributed by atoms with Crippen LogP contribution in [0.5, 0.6) is 0 Å². The zero-order valence-electron chi connectivity index (χ0n) is 16.5. The third kappa shape index (κ3) is 4.22. The summed E-state index contributed by atoms with van der Waals surface area (Å²) in [5.41, 5.74) is 0.704. The van der Waals surface area contributed by atoms with Crippen molar-refractivity contribution in [2.24, 2.45) is 0 Å². The summed E-state index contributed by atoms with van der Waals surface area (Å²) in [6.07, 6.45) is 0.944. The molecule has 1 aliphatic heterocycles. The van der Waals surface area contributed by atoms with Gasteiger partial charge >= 0.3 is 12.1 Å². The topological polar surface area (TPSA) is 122 Å². The van der Waals surface area contributed by atoms with E-state index in [0.717, 1.165) is 0 Å². The van der Waals surface area contributed by atoms with Gasteiger partial charge in [-0.1, -0.05) is 30.3 Å². The standard InChI is InChI=1S/C21H18N4O6/c1-2-25-19(26)18(23-14-9-6-10-22-11-14)16(17(24-25)13-7-4-3-5-8-13)20(27)30-15-12-29-21(28)31-15/h3-11,15,23H,2,12H2,1H3. The number of cyclic esters (lactones) is 2. The van der Waals surface area contributed by atoms with Crippen LogP contribution >= 0.6 is 0 Å². The van der Waals surface area contributed by atoms with Crippen molar-refractivity contribution in [3.8, 4) is 11.3 Å². The molecule has 1 N–H and O–H groups in total. The quantitative estimate of drug-likeness (QED) is 0.598. The van der Waals surface area contributed by atoms with Gasteiger partial charge in [0.2, 0.25) is 0 Å². The molecule has 0 bridgehead atoms. The Bertz CT molecular complexity index is 1160. The van der Waals surface area contributed by atoms with Crippen LogP contribution in [-0.2, 0) is 20.8 Å². The average Bonchev–Trinajstić information content (AvgIpc) is 3.20.